The van der Waals surface area contributed by atoms with Gasteiger partial charge in [0.15, 0.2) is 0 Å². The van der Waals surface area contributed by atoms with Crippen LogP contribution in [-0.4, -0.2) is 4.98 Å². The highest BCUT2D eigenvalue weighted by atomic mass is 32.1. The van der Waals surface area contributed by atoms with Crippen LogP contribution < -0.4 is 5.73 Å². The highest BCUT2D eigenvalue weighted by molar-refractivity contribution is 7.12. The van der Waals surface area contributed by atoms with Crippen LogP contribution >= 0.6 is 22.7 Å². The van der Waals surface area contributed by atoms with Crippen LogP contribution in [0.4, 0.5) is 0 Å². The van der Waals surface area contributed by atoms with E-state index in [9.17, 15) is 0 Å². The second-order valence-corrected chi connectivity index (χ2v) is 6.23. The third-order valence-corrected chi connectivity index (χ3v) is 4.38. The lowest BCUT2D eigenvalue weighted by Gasteiger charge is -2.01. The Labute approximate surface area is 104 Å². The molecular formula is C12H16N2S2. The van der Waals surface area contributed by atoms with Crippen molar-refractivity contribution in [3.8, 4) is 0 Å². The second-order valence-electron chi connectivity index (χ2n) is 4.03. The molecule has 0 amide bonds. The fourth-order valence-corrected chi connectivity index (χ4v) is 3.57. The molecule has 0 spiro atoms. The molecule has 2 heterocycles. The number of nitrogens with zero attached hydrogens (tertiary/aromatic N) is 1. The highest BCUT2D eigenvalue weighted by Crippen LogP contribution is 2.27. The lowest BCUT2D eigenvalue weighted by molar-refractivity contribution is 0.806. The molecule has 0 saturated carbocycles. The quantitative estimate of drug-likeness (QED) is 0.906. The molecule has 16 heavy (non-hydrogen) atoms. The minimum Gasteiger partial charge on any atom is -0.326 e. The first-order valence-corrected chi connectivity index (χ1v) is 7.11. The summed E-state index contributed by atoms with van der Waals surface area (Å²) in [5, 5.41) is 3.29. The van der Waals surface area contributed by atoms with Crippen LogP contribution in [0, 0.1) is 0 Å². The number of rotatable bonds is 4. The Bertz CT molecular complexity index is 444. The van der Waals surface area contributed by atoms with Gasteiger partial charge in [0.1, 0.15) is 0 Å². The van der Waals surface area contributed by atoms with E-state index >= 15 is 0 Å². The second kappa shape index (κ2) is 5.08. The lowest BCUT2D eigenvalue weighted by atomic mass is 10.1. The van der Waals surface area contributed by atoms with Crippen LogP contribution in [0.3, 0.4) is 0 Å². The minimum atomic E-state index is 0.465. The molecule has 0 radical (unpaired) electrons. The number of hydrogen-bond donors (Lipinski definition) is 1. The summed E-state index contributed by atoms with van der Waals surface area (Å²) in [7, 11) is 0. The zero-order valence-electron chi connectivity index (χ0n) is 9.56. The third-order valence-electron chi connectivity index (χ3n) is 2.41. The summed E-state index contributed by atoms with van der Waals surface area (Å²) >= 11 is 3.54. The maximum atomic E-state index is 5.75. The average molecular weight is 252 g/mol. The summed E-state index contributed by atoms with van der Waals surface area (Å²) in [6.07, 6.45) is 0.946. The van der Waals surface area contributed by atoms with Gasteiger partial charge in [0.25, 0.3) is 0 Å². The van der Waals surface area contributed by atoms with Gasteiger partial charge in [-0.25, -0.2) is 4.98 Å². The molecule has 2 rings (SSSR count). The van der Waals surface area contributed by atoms with E-state index in [2.05, 4.69) is 31.4 Å². The molecule has 2 aromatic heterocycles. The Morgan fingerprint density at radius 2 is 2.25 bits per heavy atom. The van der Waals surface area contributed by atoms with Gasteiger partial charge in [0.05, 0.1) is 10.7 Å². The van der Waals surface area contributed by atoms with Crippen molar-refractivity contribution in [3.05, 3.63) is 38.0 Å². The molecule has 4 heteroatoms. The largest absolute Gasteiger partial charge is 0.326 e. The standard InChI is InChI=1S/C12H16N2S2/c1-8(2)12-10(7-13)16-11(14-12)6-9-4-3-5-15-9/h3-5,8H,6-7,13H2,1-2H3. The van der Waals surface area contributed by atoms with Crippen molar-refractivity contribution < 1.29 is 0 Å². The topological polar surface area (TPSA) is 38.9 Å². The maximum absolute atomic E-state index is 5.75. The van der Waals surface area contributed by atoms with Gasteiger partial charge in [-0.15, -0.1) is 22.7 Å². The summed E-state index contributed by atoms with van der Waals surface area (Å²) in [6, 6.07) is 4.24. The normalized spacial score (nSPS) is 11.2. The summed E-state index contributed by atoms with van der Waals surface area (Å²) < 4.78 is 0. The van der Waals surface area contributed by atoms with Crippen LogP contribution in [-0.2, 0) is 13.0 Å². The molecule has 2 nitrogen and oxygen atoms in total. The number of thiazole rings is 1. The molecule has 0 bridgehead atoms. The molecule has 2 aromatic rings. The van der Waals surface area contributed by atoms with Crippen molar-refractivity contribution in [3.63, 3.8) is 0 Å². The first-order chi connectivity index (χ1) is 7.70. The molecule has 0 aliphatic heterocycles. The predicted octanol–water partition coefficient (Wildman–Crippen LogP) is 3.38. The van der Waals surface area contributed by atoms with Gasteiger partial charge in [0.2, 0.25) is 0 Å². The molecule has 0 saturated heterocycles. The van der Waals surface area contributed by atoms with Gasteiger partial charge in [-0.05, 0) is 17.4 Å². The Balaban J connectivity index is 2.22. The monoisotopic (exact) mass is 252 g/mol. The molecule has 0 aliphatic carbocycles. The lowest BCUT2D eigenvalue weighted by Crippen LogP contribution is -1.99. The highest BCUT2D eigenvalue weighted by Gasteiger charge is 2.13. The van der Waals surface area contributed by atoms with Gasteiger partial charge >= 0.3 is 0 Å². The van der Waals surface area contributed by atoms with Crippen molar-refractivity contribution >= 4 is 22.7 Å². The molecule has 0 aromatic carbocycles. The third kappa shape index (κ3) is 2.51. The molecule has 0 atom stereocenters. The molecule has 0 unspecified atom stereocenters. The van der Waals surface area contributed by atoms with E-state index in [1.807, 2.05) is 0 Å². The van der Waals surface area contributed by atoms with Crippen molar-refractivity contribution in [2.24, 2.45) is 5.73 Å². The fraction of sp³-hybridized carbons (Fsp3) is 0.417. The van der Waals surface area contributed by atoms with Crippen molar-refractivity contribution in [2.75, 3.05) is 0 Å². The summed E-state index contributed by atoms with van der Waals surface area (Å²) in [6.45, 7) is 4.95. The van der Waals surface area contributed by atoms with E-state index in [1.165, 1.54) is 20.5 Å². The summed E-state index contributed by atoms with van der Waals surface area (Å²) in [5.41, 5.74) is 6.93. The first kappa shape index (κ1) is 11.8. The summed E-state index contributed by atoms with van der Waals surface area (Å²) in [4.78, 5) is 7.31. The molecule has 86 valence electrons. The molecule has 0 fully saturated rings. The Morgan fingerprint density at radius 1 is 1.44 bits per heavy atom. The Kier molecular flexibility index (Phi) is 3.74. The van der Waals surface area contributed by atoms with Crippen molar-refractivity contribution in [1.29, 1.82) is 0 Å². The van der Waals surface area contributed by atoms with Crippen LogP contribution in [0.15, 0.2) is 17.5 Å². The van der Waals surface area contributed by atoms with Gasteiger partial charge in [-0.3, -0.25) is 0 Å². The number of thiophene rings is 1. The van der Waals surface area contributed by atoms with E-state index in [0.717, 1.165) is 6.42 Å². The Morgan fingerprint density at radius 3 is 2.75 bits per heavy atom. The van der Waals surface area contributed by atoms with Gasteiger partial charge in [0, 0.05) is 22.7 Å². The number of nitrogens with two attached hydrogens (primary N) is 1. The van der Waals surface area contributed by atoms with E-state index < -0.39 is 0 Å². The Hall–Kier alpha value is -0.710. The van der Waals surface area contributed by atoms with Crippen LogP contribution in [0.2, 0.25) is 0 Å². The molecule has 2 N–H and O–H groups in total. The zero-order valence-corrected chi connectivity index (χ0v) is 11.2. The summed E-state index contributed by atoms with van der Waals surface area (Å²) in [5.74, 6) is 0.465. The van der Waals surface area contributed by atoms with E-state index in [1.54, 1.807) is 22.7 Å². The smallest absolute Gasteiger partial charge is 0.0983 e. The van der Waals surface area contributed by atoms with E-state index in [-0.39, 0.29) is 0 Å². The number of aromatic nitrogens is 1. The maximum Gasteiger partial charge on any atom is 0.0983 e. The van der Waals surface area contributed by atoms with Gasteiger partial charge in [-0.2, -0.15) is 0 Å². The molecular weight excluding hydrogens is 236 g/mol. The molecule has 0 aliphatic rings. The predicted molar refractivity (Wildman–Crippen MR) is 71.2 cm³/mol. The minimum absolute atomic E-state index is 0.465. The van der Waals surface area contributed by atoms with Crippen molar-refractivity contribution in [1.82, 2.24) is 4.98 Å². The van der Waals surface area contributed by atoms with Crippen LogP contribution in [0.25, 0.3) is 0 Å². The van der Waals surface area contributed by atoms with Crippen molar-refractivity contribution in [2.45, 2.75) is 32.7 Å². The van der Waals surface area contributed by atoms with E-state index in [4.69, 9.17) is 10.7 Å². The number of hydrogen-bond acceptors (Lipinski definition) is 4. The zero-order chi connectivity index (χ0) is 11.5. The van der Waals surface area contributed by atoms with Crippen LogP contribution in [0.5, 0.6) is 0 Å². The van der Waals surface area contributed by atoms with E-state index in [0.29, 0.717) is 12.5 Å². The SMILES string of the molecule is CC(C)c1nc(Cc2cccs2)sc1CN. The van der Waals surface area contributed by atoms with Gasteiger partial charge in [-0.1, -0.05) is 19.9 Å². The van der Waals surface area contributed by atoms with Gasteiger partial charge < -0.3 is 5.73 Å². The first-order valence-electron chi connectivity index (χ1n) is 5.41. The fourth-order valence-electron chi connectivity index (χ4n) is 1.65. The average Bonchev–Trinajstić information content (AvgIpc) is 2.87. The van der Waals surface area contributed by atoms with Crippen LogP contribution in [0.1, 0.15) is 40.2 Å².